The number of halogens is 1. The van der Waals surface area contributed by atoms with Gasteiger partial charge in [0.15, 0.2) is 0 Å². The molecule has 0 fully saturated rings. The van der Waals surface area contributed by atoms with Gasteiger partial charge >= 0.3 is 0 Å². The molecule has 0 spiro atoms. The average molecular weight is 243 g/mol. The molecule has 0 bridgehead atoms. The van der Waals surface area contributed by atoms with Crippen molar-refractivity contribution >= 4 is 0 Å². The maximum atomic E-state index is 13.0. The zero-order valence-electron chi connectivity index (χ0n) is 10.6. The van der Waals surface area contributed by atoms with Crippen LogP contribution in [0.15, 0.2) is 54.6 Å². The molecule has 1 atom stereocenters. The molecule has 0 aliphatic rings. The first-order valence-electron chi connectivity index (χ1n) is 6.35. The van der Waals surface area contributed by atoms with Crippen LogP contribution in [0.1, 0.15) is 30.5 Å². The number of rotatable bonds is 5. The van der Waals surface area contributed by atoms with Crippen molar-refractivity contribution in [2.75, 3.05) is 6.54 Å². The molecule has 0 amide bonds. The Morgan fingerprint density at radius 1 is 0.944 bits per heavy atom. The fraction of sp³-hybridized carbons (Fsp3) is 0.250. The highest BCUT2D eigenvalue weighted by molar-refractivity contribution is 5.31. The summed E-state index contributed by atoms with van der Waals surface area (Å²) in [7, 11) is 0. The molecule has 2 heteroatoms. The van der Waals surface area contributed by atoms with E-state index in [1.807, 2.05) is 30.3 Å². The van der Waals surface area contributed by atoms with Crippen LogP contribution in [0.4, 0.5) is 4.39 Å². The number of hydrogen-bond acceptors (Lipinski definition) is 1. The summed E-state index contributed by atoms with van der Waals surface area (Å²) in [6, 6.07) is 17.1. The molecule has 0 radical (unpaired) electrons. The third kappa shape index (κ3) is 3.17. The smallest absolute Gasteiger partial charge is 0.123 e. The summed E-state index contributed by atoms with van der Waals surface area (Å²) >= 11 is 0. The molecule has 2 rings (SSSR count). The number of nitrogens with one attached hydrogen (secondary N) is 1. The van der Waals surface area contributed by atoms with Gasteiger partial charge in [0, 0.05) is 0 Å². The molecule has 94 valence electrons. The summed E-state index contributed by atoms with van der Waals surface area (Å²) in [6.45, 7) is 3.08. The first-order chi connectivity index (χ1) is 8.81. The van der Waals surface area contributed by atoms with E-state index in [0.717, 1.165) is 18.5 Å². The van der Waals surface area contributed by atoms with Crippen LogP contribution in [-0.2, 0) is 0 Å². The van der Waals surface area contributed by atoms with Gasteiger partial charge in [0.1, 0.15) is 5.82 Å². The zero-order chi connectivity index (χ0) is 12.8. The Labute approximate surface area is 108 Å². The minimum atomic E-state index is -0.193. The second-order valence-electron chi connectivity index (χ2n) is 4.35. The summed E-state index contributed by atoms with van der Waals surface area (Å²) in [5.41, 5.74) is 2.30. The highest BCUT2D eigenvalue weighted by Crippen LogP contribution is 2.22. The second-order valence-corrected chi connectivity index (χ2v) is 4.35. The summed E-state index contributed by atoms with van der Waals surface area (Å²) in [5, 5.41) is 3.50. The molecule has 0 saturated heterocycles. The lowest BCUT2D eigenvalue weighted by Gasteiger charge is -2.19. The Morgan fingerprint density at radius 2 is 1.56 bits per heavy atom. The maximum absolute atomic E-state index is 13.0. The van der Waals surface area contributed by atoms with Crippen LogP contribution >= 0.6 is 0 Å². The Morgan fingerprint density at radius 3 is 2.17 bits per heavy atom. The van der Waals surface area contributed by atoms with Crippen molar-refractivity contribution in [3.63, 3.8) is 0 Å². The van der Waals surface area contributed by atoms with Crippen molar-refractivity contribution in [2.24, 2.45) is 0 Å². The molecular weight excluding hydrogens is 225 g/mol. The van der Waals surface area contributed by atoms with Crippen LogP contribution in [0, 0.1) is 5.82 Å². The third-order valence-corrected chi connectivity index (χ3v) is 2.93. The fourth-order valence-corrected chi connectivity index (χ4v) is 2.02. The van der Waals surface area contributed by atoms with E-state index in [1.165, 1.54) is 17.7 Å². The predicted octanol–water partition coefficient (Wildman–Crippen LogP) is 3.91. The topological polar surface area (TPSA) is 12.0 Å². The summed E-state index contributed by atoms with van der Waals surface area (Å²) in [4.78, 5) is 0. The van der Waals surface area contributed by atoms with Crippen LogP contribution in [0.3, 0.4) is 0 Å². The Bertz CT molecular complexity index is 464. The molecule has 0 heterocycles. The van der Waals surface area contributed by atoms with Crippen molar-refractivity contribution in [2.45, 2.75) is 19.4 Å². The molecule has 2 aromatic carbocycles. The monoisotopic (exact) mass is 243 g/mol. The average Bonchev–Trinajstić information content (AvgIpc) is 2.42. The van der Waals surface area contributed by atoms with Gasteiger partial charge in [0.25, 0.3) is 0 Å². The van der Waals surface area contributed by atoms with Crippen molar-refractivity contribution in [1.82, 2.24) is 5.32 Å². The quantitative estimate of drug-likeness (QED) is 0.839. The van der Waals surface area contributed by atoms with Gasteiger partial charge in [-0.15, -0.1) is 0 Å². The SMILES string of the molecule is CCCNC(c1ccccc1)c1ccc(F)cc1. The van der Waals surface area contributed by atoms with E-state index >= 15 is 0 Å². The third-order valence-electron chi connectivity index (χ3n) is 2.93. The number of benzene rings is 2. The van der Waals surface area contributed by atoms with Gasteiger partial charge in [-0.25, -0.2) is 4.39 Å². The molecule has 1 nitrogen and oxygen atoms in total. The van der Waals surface area contributed by atoms with Gasteiger partial charge in [-0.1, -0.05) is 49.4 Å². The molecule has 0 aromatic heterocycles. The lowest BCUT2D eigenvalue weighted by atomic mass is 9.98. The summed E-state index contributed by atoms with van der Waals surface area (Å²) in [6.07, 6.45) is 1.07. The van der Waals surface area contributed by atoms with E-state index in [-0.39, 0.29) is 11.9 Å². The van der Waals surface area contributed by atoms with E-state index in [9.17, 15) is 4.39 Å². The Hall–Kier alpha value is -1.67. The van der Waals surface area contributed by atoms with E-state index in [0.29, 0.717) is 0 Å². The normalized spacial score (nSPS) is 12.3. The van der Waals surface area contributed by atoms with Crippen LogP contribution in [0.2, 0.25) is 0 Å². The van der Waals surface area contributed by atoms with E-state index in [2.05, 4.69) is 24.4 Å². The lowest BCUT2D eigenvalue weighted by Crippen LogP contribution is -2.23. The molecule has 18 heavy (non-hydrogen) atoms. The van der Waals surface area contributed by atoms with Gasteiger partial charge < -0.3 is 5.32 Å². The summed E-state index contributed by atoms with van der Waals surface area (Å²) in [5.74, 6) is -0.193. The molecule has 0 aliphatic heterocycles. The standard InChI is InChI=1S/C16H18FN/c1-2-12-18-16(13-6-4-3-5-7-13)14-8-10-15(17)11-9-14/h3-11,16,18H,2,12H2,1H3. The van der Waals surface area contributed by atoms with Crippen molar-refractivity contribution < 1.29 is 4.39 Å². The minimum absolute atomic E-state index is 0.131. The van der Waals surface area contributed by atoms with Crippen molar-refractivity contribution in [1.29, 1.82) is 0 Å². The van der Waals surface area contributed by atoms with Crippen LogP contribution in [-0.4, -0.2) is 6.54 Å². The lowest BCUT2D eigenvalue weighted by molar-refractivity contribution is 0.593. The zero-order valence-corrected chi connectivity index (χ0v) is 10.6. The number of hydrogen-bond donors (Lipinski definition) is 1. The van der Waals surface area contributed by atoms with Crippen LogP contribution < -0.4 is 5.32 Å². The van der Waals surface area contributed by atoms with Crippen molar-refractivity contribution in [3.05, 3.63) is 71.5 Å². The predicted molar refractivity (Wildman–Crippen MR) is 73.0 cm³/mol. The van der Waals surface area contributed by atoms with Gasteiger partial charge in [0.2, 0.25) is 0 Å². The molecular formula is C16H18FN. The summed E-state index contributed by atoms with van der Waals surface area (Å²) < 4.78 is 13.0. The van der Waals surface area contributed by atoms with Crippen molar-refractivity contribution in [3.8, 4) is 0 Å². The highest BCUT2D eigenvalue weighted by Gasteiger charge is 2.12. The first-order valence-corrected chi connectivity index (χ1v) is 6.35. The van der Waals surface area contributed by atoms with Crippen LogP contribution in [0.5, 0.6) is 0 Å². The van der Waals surface area contributed by atoms with Gasteiger partial charge in [0.05, 0.1) is 6.04 Å². The Kier molecular flexibility index (Phi) is 4.48. The van der Waals surface area contributed by atoms with Gasteiger partial charge in [-0.3, -0.25) is 0 Å². The molecule has 0 aliphatic carbocycles. The van der Waals surface area contributed by atoms with E-state index in [4.69, 9.17) is 0 Å². The Balaban J connectivity index is 2.27. The molecule has 1 unspecified atom stereocenters. The van der Waals surface area contributed by atoms with E-state index in [1.54, 1.807) is 0 Å². The first kappa shape index (κ1) is 12.8. The van der Waals surface area contributed by atoms with Crippen LogP contribution in [0.25, 0.3) is 0 Å². The van der Waals surface area contributed by atoms with E-state index < -0.39 is 0 Å². The fourth-order valence-electron chi connectivity index (χ4n) is 2.02. The molecule has 0 saturated carbocycles. The molecule has 1 N–H and O–H groups in total. The highest BCUT2D eigenvalue weighted by atomic mass is 19.1. The van der Waals surface area contributed by atoms with Gasteiger partial charge in [-0.05, 0) is 36.2 Å². The largest absolute Gasteiger partial charge is 0.306 e. The van der Waals surface area contributed by atoms with Gasteiger partial charge in [-0.2, -0.15) is 0 Å². The maximum Gasteiger partial charge on any atom is 0.123 e. The molecule has 2 aromatic rings. The second kappa shape index (κ2) is 6.31. The minimum Gasteiger partial charge on any atom is -0.306 e.